The van der Waals surface area contributed by atoms with Crippen LogP contribution >= 0.6 is 0 Å². The van der Waals surface area contributed by atoms with E-state index in [0.29, 0.717) is 0 Å². The summed E-state index contributed by atoms with van der Waals surface area (Å²) in [5.74, 6) is 0. The second kappa shape index (κ2) is 16.7. The van der Waals surface area contributed by atoms with Crippen molar-refractivity contribution in [3.63, 3.8) is 0 Å². The Balaban J connectivity index is 1.03. The van der Waals surface area contributed by atoms with E-state index >= 15 is 0 Å². The van der Waals surface area contributed by atoms with E-state index in [0.717, 1.165) is 50.5 Å². The van der Waals surface area contributed by atoms with Gasteiger partial charge in [0.2, 0.25) is 0 Å². The zero-order valence-corrected chi connectivity index (χ0v) is 38.0. The van der Waals surface area contributed by atoms with E-state index < -0.39 is 5.41 Å². The van der Waals surface area contributed by atoms with Gasteiger partial charge in [0.05, 0.1) is 22.1 Å². The van der Waals surface area contributed by atoms with Crippen LogP contribution in [0.15, 0.2) is 279 Å². The molecule has 1 aromatic heterocycles. The van der Waals surface area contributed by atoms with E-state index in [1.165, 1.54) is 60.8 Å². The lowest BCUT2D eigenvalue weighted by Gasteiger charge is -2.34. The molecule has 0 bridgehead atoms. The molecule has 0 spiro atoms. The average molecular weight is 879 g/mol. The normalized spacial score (nSPS) is 12.5. The molecule has 2 nitrogen and oxygen atoms in total. The molecule has 1 heterocycles. The van der Waals surface area contributed by atoms with Crippen LogP contribution in [0.4, 0.5) is 17.1 Å². The maximum atomic E-state index is 2.49. The number of hydrogen-bond acceptors (Lipinski definition) is 1. The third kappa shape index (κ3) is 6.64. The lowest BCUT2D eigenvalue weighted by molar-refractivity contribution is 0.767. The summed E-state index contributed by atoms with van der Waals surface area (Å²) in [7, 11) is 0. The maximum absolute atomic E-state index is 2.49. The Hall–Kier alpha value is -8.98. The van der Waals surface area contributed by atoms with Gasteiger partial charge in [-0.15, -0.1) is 0 Å². The predicted molar refractivity (Wildman–Crippen MR) is 289 cm³/mol. The standard InChI is InChI=1S/C67H46N2/c1-6-22-47(23-7-1)50-42-51(48-24-8-2-9-25-48)44-56(43-50)68(54-30-14-5-15-31-54)64-36-20-17-32-57(64)49-38-40-61-60-34-18-21-37-65(60)69(66(61)45-49)55-39-41-59-58-33-16-19-35-62(58)67(63(59)46-55,52-26-10-3-11-27-52)53-28-12-4-13-29-53/h1-46H. The van der Waals surface area contributed by atoms with E-state index in [1.54, 1.807) is 0 Å². The first kappa shape index (κ1) is 40.3. The minimum absolute atomic E-state index is 0.508. The molecular formula is C67H46N2. The van der Waals surface area contributed by atoms with Crippen molar-refractivity contribution in [1.82, 2.24) is 4.57 Å². The largest absolute Gasteiger partial charge is 0.310 e. The van der Waals surface area contributed by atoms with Gasteiger partial charge in [-0.25, -0.2) is 0 Å². The van der Waals surface area contributed by atoms with Gasteiger partial charge in [0.25, 0.3) is 0 Å². The highest BCUT2D eigenvalue weighted by Gasteiger charge is 2.46. The molecule has 324 valence electrons. The molecule has 0 fully saturated rings. The van der Waals surface area contributed by atoms with Crippen LogP contribution in [0.3, 0.4) is 0 Å². The SMILES string of the molecule is c1ccc(-c2cc(-c3ccccc3)cc(N(c3ccccc3)c3ccccc3-c3ccc4c5ccccc5n(-c5ccc6c(c5)C(c5ccccc5)(c5ccccc5)c5ccccc5-6)c4c3)c2)cc1. The molecule has 13 rings (SSSR count). The van der Waals surface area contributed by atoms with Gasteiger partial charge in [-0.2, -0.15) is 0 Å². The molecule has 0 amide bonds. The Bertz CT molecular complexity index is 3720. The Labute approximate surface area is 403 Å². The third-order valence-electron chi connectivity index (χ3n) is 14.2. The fourth-order valence-electron chi connectivity index (χ4n) is 11.2. The lowest BCUT2D eigenvalue weighted by atomic mass is 9.67. The zero-order valence-electron chi connectivity index (χ0n) is 38.0. The molecule has 0 radical (unpaired) electrons. The van der Waals surface area contributed by atoms with Crippen LogP contribution in [-0.4, -0.2) is 4.57 Å². The number of aromatic nitrogens is 1. The van der Waals surface area contributed by atoms with E-state index in [2.05, 4.69) is 289 Å². The zero-order chi connectivity index (χ0) is 45.7. The van der Waals surface area contributed by atoms with E-state index in [4.69, 9.17) is 0 Å². The Kier molecular flexibility index (Phi) is 9.77. The smallest absolute Gasteiger partial charge is 0.0714 e. The van der Waals surface area contributed by atoms with Crippen molar-refractivity contribution in [1.29, 1.82) is 0 Å². The summed E-state index contributed by atoms with van der Waals surface area (Å²) in [5, 5.41) is 2.45. The summed E-state index contributed by atoms with van der Waals surface area (Å²) in [5.41, 5.74) is 20.9. The average Bonchev–Trinajstić information content (AvgIpc) is 3.92. The molecule has 0 saturated heterocycles. The minimum Gasteiger partial charge on any atom is -0.310 e. The quantitative estimate of drug-likeness (QED) is 0.140. The van der Waals surface area contributed by atoms with Gasteiger partial charge in [-0.3, -0.25) is 0 Å². The fraction of sp³-hybridized carbons (Fsp3) is 0.0149. The highest BCUT2D eigenvalue weighted by atomic mass is 15.1. The maximum Gasteiger partial charge on any atom is 0.0714 e. The van der Waals surface area contributed by atoms with Crippen LogP contribution in [-0.2, 0) is 5.41 Å². The van der Waals surface area contributed by atoms with E-state index in [9.17, 15) is 0 Å². The fourth-order valence-corrected chi connectivity index (χ4v) is 11.2. The highest BCUT2D eigenvalue weighted by molar-refractivity contribution is 6.11. The van der Waals surface area contributed by atoms with Crippen molar-refractivity contribution in [2.75, 3.05) is 4.90 Å². The molecule has 0 aliphatic heterocycles. The Morgan fingerprint density at radius 2 is 0.812 bits per heavy atom. The molecule has 0 unspecified atom stereocenters. The second-order valence-electron chi connectivity index (χ2n) is 18.0. The molecule has 12 aromatic rings. The number of benzene rings is 11. The second-order valence-corrected chi connectivity index (χ2v) is 18.0. The van der Waals surface area contributed by atoms with Crippen LogP contribution < -0.4 is 4.90 Å². The lowest BCUT2D eigenvalue weighted by Crippen LogP contribution is -2.28. The Morgan fingerprint density at radius 3 is 1.48 bits per heavy atom. The number of anilines is 3. The van der Waals surface area contributed by atoms with Crippen molar-refractivity contribution in [3.05, 3.63) is 301 Å². The van der Waals surface area contributed by atoms with Crippen LogP contribution in [0.25, 0.3) is 72.0 Å². The summed E-state index contributed by atoms with van der Waals surface area (Å²) >= 11 is 0. The molecule has 1 aliphatic rings. The van der Waals surface area contributed by atoms with Gasteiger partial charge in [0.15, 0.2) is 0 Å². The van der Waals surface area contributed by atoms with Crippen LogP contribution in [0.2, 0.25) is 0 Å². The predicted octanol–water partition coefficient (Wildman–Crippen LogP) is 17.6. The van der Waals surface area contributed by atoms with Gasteiger partial charge in [-0.1, -0.05) is 218 Å². The van der Waals surface area contributed by atoms with Crippen molar-refractivity contribution >= 4 is 38.9 Å². The summed E-state index contributed by atoms with van der Waals surface area (Å²) in [6, 6.07) is 102. The minimum atomic E-state index is -0.508. The summed E-state index contributed by atoms with van der Waals surface area (Å²) < 4.78 is 2.49. The number of nitrogens with zero attached hydrogens (tertiary/aromatic N) is 2. The molecule has 2 heteroatoms. The van der Waals surface area contributed by atoms with E-state index in [1.807, 2.05) is 0 Å². The number of para-hydroxylation sites is 3. The first-order chi connectivity index (χ1) is 34.2. The van der Waals surface area contributed by atoms with E-state index in [-0.39, 0.29) is 0 Å². The summed E-state index contributed by atoms with van der Waals surface area (Å²) in [6.45, 7) is 0. The summed E-state index contributed by atoms with van der Waals surface area (Å²) in [6.07, 6.45) is 0. The van der Waals surface area contributed by atoms with Crippen molar-refractivity contribution < 1.29 is 0 Å². The first-order valence-corrected chi connectivity index (χ1v) is 23.8. The van der Waals surface area contributed by atoms with Crippen molar-refractivity contribution in [2.45, 2.75) is 5.41 Å². The highest BCUT2D eigenvalue weighted by Crippen LogP contribution is 2.57. The van der Waals surface area contributed by atoms with Gasteiger partial charge >= 0.3 is 0 Å². The number of hydrogen-bond donors (Lipinski definition) is 0. The van der Waals surface area contributed by atoms with Gasteiger partial charge in [0, 0.05) is 33.4 Å². The molecule has 11 aromatic carbocycles. The van der Waals surface area contributed by atoms with Gasteiger partial charge < -0.3 is 9.47 Å². The van der Waals surface area contributed by atoms with Crippen LogP contribution in [0, 0.1) is 0 Å². The first-order valence-electron chi connectivity index (χ1n) is 23.8. The molecule has 0 atom stereocenters. The van der Waals surface area contributed by atoms with Gasteiger partial charge in [0.1, 0.15) is 0 Å². The molecule has 1 aliphatic carbocycles. The van der Waals surface area contributed by atoms with Crippen molar-refractivity contribution in [3.8, 4) is 50.2 Å². The molecule has 0 saturated carbocycles. The Morgan fingerprint density at radius 1 is 0.290 bits per heavy atom. The summed E-state index contributed by atoms with van der Waals surface area (Å²) in [4.78, 5) is 2.43. The molecular weight excluding hydrogens is 833 g/mol. The van der Waals surface area contributed by atoms with Crippen molar-refractivity contribution in [2.24, 2.45) is 0 Å². The van der Waals surface area contributed by atoms with Crippen LogP contribution in [0.1, 0.15) is 22.3 Å². The number of rotatable bonds is 9. The third-order valence-corrected chi connectivity index (χ3v) is 14.2. The monoisotopic (exact) mass is 878 g/mol. The van der Waals surface area contributed by atoms with Crippen LogP contribution in [0.5, 0.6) is 0 Å². The van der Waals surface area contributed by atoms with Gasteiger partial charge in [-0.05, 0) is 122 Å². The molecule has 0 N–H and O–H groups in total. The topological polar surface area (TPSA) is 8.17 Å². The molecule has 69 heavy (non-hydrogen) atoms. The number of fused-ring (bicyclic) bond motifs is 6.